The predicted molar refractivity (Wildman–Crippen MR) is 67.7 cm³/mol. The Labute approximate surface area is 122 Å². The number of carbonyl (C=O) groups excluding carboxylic acids is 2. The smallest absolute Gasteiger partial charge is 0.393 e. The Hall–Kier alpha value is -2.60. The lowest BCUT2D eigenvalue weighted by atomic mass is 10.00. The number of rotatable bonds is 2. The van der Waals surface area contributed by atoms with Gasteiger partial charge in [-0.15, -0.1) is 0 Å². The number of imide groups is 1. The van der Waals surface area contributed by atoms with Gasteiger partial charge in [0.25, 0.3) is 5.91 Å². The van der Waals surface area contributed by atoms with Crippen molar-refractivity contribution in [1.82, 2.24) is 5.32 Å². The van der Waals surface area contributed by atoms with Crippen LogP contribution in [-0.2, 0) is 11.0 Å². The van der Waals surface area contributed by atoms with E-state index in [-0.39, 0.29) is 5.69 Å². The van der Waals surface area contributed by atoms with Crippen LogP contribution in [0.4, 0.5) is 23.7 Å². The maximum Gasteiger partial charge on any atom is 0.417 e. The molecule has 1 saturated heterocycles. The molecule has 2 N–H and O–H groups in total. The van der Waals surface area contributed by atoms with Crippen LogP contribution in [0.3, 0.4) is 0 Å². The number of carbonyl (C=O) groups is 2. The fourth-order valence-corrected chi connectivity index (χ4v) is 2.16. The van der Waals surface area contributed by atoms with E-state index in [0.29, 0.717) is 6.07 Å². The van der Waals surface area contributed by atoms with E-state index in [9.17, 15) is 27.9 Å². The summed E-state index contributed by atoms with van der Waals surface area (Å²) in [6.45, 7) is 0.449. The van der Waals surface area contributed by atoms with E-state index in [0.717, 1.165) is 17.0 Å². The summed E-state index contributed by atoms with van der Waals surface area (Å²) in [5.41, 5.74) is -3.78. The Morgan fingerprint density at radius 2 is 2.05 bits per heavy atom. The van der Waals surface area contributed by atoms with E-state index in [1.807, 2.05) is 5.32 Å². The van der Waals surface area contributed by atoms with E-state index in [1.54, 1.807) is 0 Å². The summed E-state index contributed by atoms with van der Waals surface area (Å²) in [7, 11) is 0. The van der Waals surface area contributed by atoms with Gasteiger partial charge >= 0.3 is 12.2 Å². The summed E-state index contributed by atoms with van der Waals surface area (Å²) >= 11 is 0. The number of benzene rings is 1. The van der Waals surface area contributed by atoms with Crippen LogP contribution in [0, 0.1) is 11.3 Å². The van der Waals surface area contributed by atoms with Crippen molar-refractivity contribution in [2.75, 3.05) is 11.5 Å². The fourth-order valence-electron chi connectivity index (χ4n) is 2.16. The first-order valence-electron chi connectivity index (χ1n) is 6.03. The lowest BCUT2D eigenvalue weighted by molar-refractivity contribution is -0.137. The maximum absolute atomic E-state index is 13.0. The van der Waals surface area contributed by atoms with E-state index >= 15 is 0 Å². The number of urea groups is 1. The van der Waals surface area contributed by atoms with Gasteiger partial charge in [-0.3, -0.25) is 15.0 Å². The summed E-state index contributed by atoms with van der Waals surface area (Å²) in [6.07, 6.45) is -4.79. The zero-order valence-corrected chi connectivity index (χ0v) is 11.2. The largest absolute Gasteiger partial charge is 0.417 e. The standard InChI is InChI=1S/C13H10F3N3O3/c1-12(6-20)10(21)18-11(22)19(12)8-3-2-7(5-17)9(4-8)13(14,15)16/h2-4,20H,6H2,1H3,(H,18,21,22). The number of nitrogens with zero attached hydrogens (tertiary/aromatic N) is 2. The number of halogens is 3. The molecule has 0 aromatic heterocycles. The molecule has 3 amide bonds. The Bertz CT molecular complexity index is 696. The number of nitriles is 1. The number of alkyl halides is 3. The Morgan fingerprint density at radius 3 is 2.55 bits per heavy atom. The van der Waals surface area contributed by atoms with Crippen LogP contribution in [0.1, 0.15) is 18.1 Å². The van der Waals surface area contributed by atoms with Gasteiger partial charge in [0.2, 0.25) is 0 Å². The van der Waals surface area contributed by atoms with Crippen LogP contribution in [0.25, 0.3) is 0 Å². The first-order chi connectivity index (χ1) is 10.1. The van der Waals surface area contributed by atoms with Crippen LogP contribution in [0.2, 0.25) is 0 Å². The second kappa shape index (κ2) is 4.99. The average Bonchev–Trinajstić information content (AvgIpc) is 2.68. The molecule has 0 bridgehead atoms. The summed E-state index contributed by atoms with van der Waals surface area (Å²) in [4.78, 5) is 24.3. The fraction of sp³-hybridized carbons (Fsp3) is 0.308. The highest BCUT2D eigenvalue weighted by atomic mass is 19.4. The molecule has 1 unspecified atom stereocenters. The zero-order valence-electron chi connectivity index (χ0n) is 11.2. The van der Waals surface area contributed by atoms with Gasteiger partial charge in [0.1, 0.15) is 5.54 Å². The minimum absolute atomic E-state index is 0.244. The number of hydrogen-bond acceptors (Lipinski definition) is 4. The molecule has 22 heavy (non-hydrogen) atoms. The number of hydrogen-bond donors (Lipinski definition) is 2. The Morgan fingerprint density at radius 1 is 1.41 bits per heavy atom. The summed E-state index contributed by atoms with van der Waals surface area (Å²) < 4.78 is 38.9. The van der Waals surface area contributed by atoms with Crippen molar-refractivity contribution in [2.24, 2.45) is 0 Å². The molecule has 6 nitrogen and oxygen atoms in total. The maximum atomic E-state index is 13.0. The molecule has 2 rings (SSSR count). The number of anilines is 1. The number of nitrogens with one attached hydrogen (secondary N) is 1. The quantitative estimate of drug-likeness (QED) is 0.807. The first kappa shape index (κ1) is 15.8. The molecule has 116 valence electrons. The summed E-state index contributed by atoms with van der Waals surface area (Å²) in [5, 5.41) is 20.0. The number of amides is 3. The Balaban J connectivity index is 2.61. The van der Waals surface area contributed by atoms with Crippen molar-refractivity contribution in [2.45, 2.75) is 18.6 Å². The third-order valence-electron chi connectivity index (χ3n) is 3.40. The third kappa shape index (κ3) is 2.27. The van der Waals surface area contributed by atoms with Gasteiger partial charge in [-0.1, -0.05) is 0 Å². The Kier molecular flexibility index (Phi) is 3.58. The van der Waals surface area contributed by atoms with Crippen LogP contribution < -0.4 is 10.2 Å². The molecule has 1 aliphatic heterocycles. The van der Waals surface area contributed by atoms with Gasteiger partial charge in [0.15, 0.2) is 0 Å². The van der Waals surface area contributed by atoms with Crippen molar-refractivity contribution >= 4 is 17.6 Å². The topological polar surface area (TPSA) is 93.4 Å². The SMILES string of the molecule is CC1(CO)C(=O)NC(=O)N1c1ccc(C#N)c(C(F)(F)F)c1. The molecular formula is C13H10F3N3O3. The normalized spacial score (nSPS) is 21.7. The molecule has 1 fully saturated rings. The second-order valence-corrected chi connectivity index (χ2v) is 4.87. The van der Waals surface area contributed by atoms with Gasteiger partial charge in [0, 0.05) is 5.69 Å². The molecule has 1 aliphatic rings. The molecule has 1 heterocycles. The molecule has 0 saturated carbocycles. The molecule has 1 aromatic carbocycles. The highest BCUT2D eigenvalue weighted by molar-refractivity contribution is 6.16. The lowest BCUT2D eigenvalue weighted by Gasteiger charge is -2.30. The average molecular weight is 313 g/mol. The van der Waals surface area contributed by atoms with Crippen molar-refractivity contribution in [1.29, 1.82) is 5.26 Å². The third-order valence-corrected chi connectivity index (χ3v) is 3.40. The molecule has 0 radical (unpaired) electrons. The van der Waals surface area contributed by atoms with Gasteiger partial charge in [-0.05, 0) is 25.1 Å². The predicted octanol–water partition coefficient (Wildman–Crippen LogP) is 1.38. The molecule has 1 atom stereocenters. The van der Waals surface area contributed by atoms with Crippen molar-refractivity contribution in [3.63, 3.8) is 0 Å². The van der Waals surface area contributed by atoms with Crippen LogP contribution in [-0.4, -0.2) is 29.2 Å². The van der Waals surface area contributed by atoms with Crippen molar-refractivity contribution < 1.29 is 27.9 Å². The minimum Gasteiger partial charge on any atom is -0.393 e. The monoisotopic (exact) mass is 313 g/mol. The van der Waals surface area contributed by atoms with Gasteiger partial charge < -0.3 is 5.11 Å². The molecule has 1 aromatic rings. The highest BCUT2D eigenvalue weighted by Gasteiger charge is 2.50. The number of aliphatic hydroxyl groups excluding tert-OH is 1. The number of aliphatic hydroxyl groups is 1. The van der Waals surface area contributed by atoms with E-state index in [2.05, 4.69) is 0 Å². The second-order valence-electron chi connectivity index (χ2n) is 4.87. The van der Waals surface area contributed by atoms with E-state index in [1.165, 1.54) is 13.0 Å². The lowest BCUT2D eigenvalue weighted by Crippen LogP contribution is -2.50. The molecule has 0 aliphatic carbocycles. The van der Waals surface area contributed by atoms with E-state index < -0.39 is 41.4 Å². The van der Waals surface area contributed by atoms with Crippen LogP contribution >= 0.6 is 0 Å². The van der Waals surface area contributed by atoms with Crippen molar-refractivity contribution in [3.8, 4) is 6.07 Å². The van der Waals surface area contributed by atoms with Crippen molar-refractivity contribution in [3.05, 3.63) is 29.3 Å². The van der Waals surface area contributed by atoms with Crippen LogP contribution in [0.15, 0.2) is 18.2 Å². The molecule has 9 heteroatoms. The molecule has 0 spiro atoms. The van der Waals surface area contributed by atoms with Gasteiger partial charge in [-0.25, -0.2) is 4.79 Å². The van der Waals surface area contributed by atoms with Crippen LogP contribution in [0.5, 0.6) is 0 Å². The minimum atomic E-state index is -4.79. The summed E-state index contributed by atoms with van der Waals surface area (Å²) in [5.74, 6) is -0.821. The van der Waals surface area contributed by atoms with E-state index in [4.69, 9.17) is 5.26 Å². The zero-order chi connectivity index (χ0) is 16.7. The summed E-state index contributed by atoms with van der Waals surface area (Å²) in [6, 6.07) is 3.10. The first-order valence-corrected chi connectivity index (χ1v) is 6.03. The molecular weight excluding hydrogens is 303 g/mol. The highest BCUT2D eigenvalue weighted by Crippen LogP contribution is 2.37. The van der Waals surface area contributed by atoms with Gasteiger partial charge in [0.05, 0.1) is 23.8 Å². The van der Waals surface area contributed by atoms with Gasteiger partial charge in [-0.2, -0.15) is 18.4 Å².